The topological polar surface area (TPSA) is 35.5 Å². The van der Waals surface area contributed by atoms with Crippen LogP contribution in [0, 0.1) is 0 Å². The van der Waals surface area contributed by atoms with Crippen molar-refractivity contribution in [1.82, 2.24) is 0 Å². The highest BCUT2D eigenvalue weighted by molar-refractivity contribution is 5.80. The molecule has 0 amide bonds. The first kappa shape index (κ1) is 14.9. The Morgan fingerprint density at radius 2 is 1.57 bits per heavy atom. The zero-order chi connectivity index (χ0) is 15.3. The number of hydrogen-bond acceptors (Lipinski definition) is 3. The molecule has 0 unspecified atom stereocenters. The van der Waals surface area contributed by atoms with Crippen molar-refractivity contribution in [3.05, 3.63) is 78.4 Å². The molecule has 0 aliphatic carbocycles. The van der Waals surface area contributed by atoms with Gasteiger partial charge in [0.25, 0.3) is 0 Å². The fraction of sp³-hybridized carbons (Fsp3) is 0.167. The molecule has 0 aliphatic heterocycles. The molecule has 0 spiro atoms. The van der Waals surface area contributed by atoms with Gasteiger partial charge in [0.1, 0.15) is 0 Å². The van der Waals surface area contributed by atoms with E-state index < -0.39 is 5.97 Å². The van der Waals surface area contributed by atoms with Crippen LogP contribution in [0.4, 0.5) is 0 Å². The fourth-order valence-corrected chi connectivity index (χ4v) is 2.07. The number of carbonyl (C=O) groups is 1. The summed E-state index contributed by atoms with van der Waals surface area (Å²) in [5.74, 6) is -0.151. The molecule has 0 atom stereocenters. The van der Waals surface area contributed by atoms with E-state index in [2.05, 4.69) is 37.4 Å². The third-order valence-electron chi connectivity index (χ3n) is 3.46. The van der Waals surface area contributed by atoms with E-state index in [1.165, 1.54) is 5.56 Å². The van der Waals surface area contributed by atoms with E-state index in [1.807, 2.05) is 30.3 Å². The molecule has 0 aromatic heterocycles. The SMILES string of the molecule is C=CC(=O)OOc1ccc(C(C)(C)c2ccccc2)cc1. The van der Waals surface area contributed by atoms with E-state index in [0.29, 0.717) is 5.75 Å². The number of hydrogen-bond donors (Lipinski definition) is 0. The Kier molecular flexibility index (Phi) is 4.43. The molecule has 21 heavy (non-hydrogen) atoms. The molecule has 0 saturated heterocycles. The van der Waals surface area contributed by atoms with Crippen molar-refractivity contribution in [2.24, 2.45) is 0 Å². The maximum absolute atomic E-state index is 10.9. The average molecular weight is 282 g/mol. The Balaban J connectivity index is 2.15. The maximum atomic E-state index is 10.9. The van der Waals surface area contributed by atoms with Gasteiger partial charge in [0, 0.05) is 11.5 Å². The van der Waals surface area contributed by atoms with Crippen molar-refractivity contribution in [1.29, 1.82) is 0 Å². The second-order valence-electron chi connectivity index (χ2n) is 5.21. The van der Waals surface area contributed by atoms with Crippen LogP contribution in [-0.2, 0) is 15.1 Å². The summed E-state index contributed by atoms with van der Waals surface area (Å²) in [6.45, 7) is 7.62. The quantitative estimate of drug-likeness (QED) is 0.472. The molecule has 3 nitrogen and oxygen atoms in total. The van der Waals surface area contributed by atoms with Crippen LogP contribution < -0.4 is 4.89 Å². The first-order valence-corrected chi connectivity index (χ1v) is 6.71. The van der Waals surface area contributed by atoms with Gasteiger partial charge < -0.3 is 0 Å². The van der Waals surface area contributed by atoms with Crippen molar-refractivity contribution < 1.29 is 14.6 Å². The number of carbonyl (C=O) groups excluding carboxylic acids is 1. The molecule has 2 rings (SSSR count). The van der Waals surface area contributed by atoms with Gasteiger partial charge in [-0.1, -0.05) is 62.9 Å². The van der Waals surface area contributed by atoms with Gasteiger partial charge in [-0.05, 0) is 23.3 Å². The molecule has 0 fully saturated rings. The summed E-state index contributed by atoms with van der Waals surface area (Å²) in [7, 11) is 0. The normalized spacial score (nSPS) is 10.8. The van der Waals surface area contributed by atoms with Gasteiger partial charge in [0.2, 0.25) is 0 Å². The van der Waals surface area contributed by atoms with E-state index in [9.17, 15) is 4.79 Å². The van der Waals surface area contributed by atoms with Crippen LogP contribution in [0.2, 0.25) is 0 Å². The third kappa shape index (κ3) is 3.51. The lowest BCUT2D eigenvalue weighted by Gasteiger charge is -2.26. The van der Waals surface area contributed by atoms with Crippen LogP contribution in [0.1, 0.15) is 25.0 Å². The van der Waals surface area contributed by atoms with Crippen molar-refractivity contribution in [2.45, 2.75) is 19.3 Å². The van der Waals surface area contributed by atoms with Crippen molar-refractivity contribution in [2.75, 3.05) is 0 Å². The minimum atomic E-state index is -0.622. The third-order valence-corrected chi connectivity index (χ3v) is 3.46. The highest BCUT2D eigenvalue weighted by Gasteiger charge is 2.22. The van der Waals surface area contributed by atoms with Gasteiger partial charge in [-0.2, -0.15) is 0 Å². The zero-order valence-electron chi connectivity index (χ0n) is 12.2. The summed E-state index contributed by atoms with van der Waals surface area (Å²) < 4.78 is 0. The highest BCUT2D eigenvalue weighted by Crippen LogP contribution is 2.32. The molecular formula is C18H18O3. The van der Waals surface area contributed by atoms with E-state index in [4.69, 9.17) is 4.89 Å². The summed E-state index contributed by atoms with van der Waals surface area (Å²) in [5, 5.41) is 0. The smallest absolute Gasteiger partial charge is 0.287 e. The zero-order valence-corrected chi connectivity index (χ0v) is 12.2. The molecule has 0 heterocycles. The standard InChI is InChI=1S/C18H18O3/c1-4-17(19)21-20-16-12-10-15(11-13-16)18(2,3)14-8-6-5-7-9-14/h4-13H,1H2,2-3H3. The number of rotatable bonds is 5. The van der Waals surface area contributed by atoms with Crippen LogP contribution in [-0.4, -0.2) is 5.97 Å². The molecule has 2 aromatic rings. The van der Waals surface area contributed by atoms with Gasteiger partial charge in [-0.15, -0.1) is 0 Å². The minimum Gasteiger partial charge on any atom is -0.287 e. The Hall–Kier alpha value is -2.55. The van der Waals surface area contributed by atoms with E-state index >= 15 is 0 Å². The monoisotopic (exact) mass is 282 g/mol. The lowest BCUT2D eigenvalue weighted by molar-refractivity contribution is -0.207. The summed E-state index contributed by atoms with van der Waals surface area (Å²) in [6.07, 6.45) is 1.05. The first-order chi connectivity index (χ1) is 10.0. The predicted octanol–water partition coefficient (Wildman–Crippen LogP) is 4.04. The predicted molar refractivity (Wildman–Crippen MR) is 81.9 cm³/mol. The lowest BCUT2D eigenvalue weighted by atomic mass is 9.78. The minimum absolute atomic E-state index is 0.114. The summed E-state index contributed by atoms with van der Waals surface area (Å²) in [6, 6.07) is 17.8. The second-order valence-corrected chi connectivity index (χ2v) is 5.21. The fourth-order valence-electron chi connectivity index (χ4n) is 2.07. The second kappa shape index (κ2) is 6.27. The van der Waals surface area contributed by atoms with Crippen LogP contribution >= 0.6 is 0 Å². The van der Waals surface area contributed by atoms with E-state index in [-0.39, 0.29) is 5.41 Å². The van der Waals surface area contributed by atoms with E-state index in [1.54, 1.807) is 12.1 Å². The average Bonchev–Trinajstić information content (AvgIpc) is 2.53. The van der Waals surface area contributed by atoms with Gasteiger partial charge in [0.05, 0.1) is 0 Å². The van der Waals surface area contributed by atoms with E-state index in [0.717, 1.165) is 11.6 Å². The van der Waals surface area contributed by atoms with Gasteiger partial charge in [-0.25, -0.2) is 9.68 Å². The summed E-state index contributed by atoms with van der Waals surface area (Å²) in [4.78, 5) is 20.4. The Labute approximate surface area is 124 Å². The molecule has 0 aliphatic rings. The molecule has 0 N–H and O–H groups in total. The molecule has 0 radical (unpaired) electrons. The van der Waals surface area contributed by atoms with Crippen LogP contribution in [0.5, 0.6) is 5.75 Å². The molecule has 108 valence electrons. The molecule has 3 heteroatoms. The van der Waals surface area contributed by atoms with Crippen LogP contribution in [0.3, 0.4) is 0 Å². The van der Waals surface area contributed by atoms with Crippen molar-refractivity contribution in [3.63, 3.8) is 0 Å². The molecule has 0 bridgehead atoms. The Morgan fingerprint density at radius 1 is 1.00 bits per heavy atom. The highest BCUT2D eigenvalue weighted by atomic mass is 17.2. The molecule has 0 saturated carbocycles. The lowest BCUT2D eigenvalue weighted by Crippen LogP contribution is -2.18. The summed E-state index contributed by atoms with van der Waals surface area (Å²) in [5.41, 5.74) is 2.27. The van der Waals surface area contributed by atoms with Crippen molar-refractivity contribution in [3.8, 4) is 5.75 Å². The Bertz CT molecular complexity index is 613. The maximum Gasteiger partial charge on any atom is 0.378 e. The summed E-state index contributed by atoms with van der Waals surface area (Å²) >= 11 is 0. The first-order valence-electron chi connectivity index (χ1n) is 6.71. The Morgan fingerprint density at radius 3 is 2.14 bits per heavy atom. The van der Waals surface area contributed by atoms with Gasteiger partial charge >= 0.3 is 5.97 Å². The molecular weight excluding hydrogens is 264 g/mol. The largest absolute Gasteiger partial charge is 0.378 e. The van der Waals surface area contributed by atoms with Crippen LogP contribution in [0.15, 0.2) is 67.3 Å². The van der Waals surface area contributed by atoms with Crippen molar-refractivity contribution >= 4 is 5.97 Å². The van der Waals surface area contributed by atoms with Gasteiger partial charge in [0.15, 0.2) is 5.75 Å². The van der Waals surface area contributed by atoms with Gasteiger partial charge in [-0.3, -0.25) is 4.89 Å². The number of benzene rings is 2. The molecule has 2 aromatic carbocycles. The van der Waals surface area contributed by atoms with Crippen LogP contribution in [0.25, 0.3) is 0 Å².